The molecule has 0 saturated heterocycles. The molecule has 0 atom stereocenters. The molecule has 0 unspecified atom stereocenters. The normalized spacial score (nSPS) is 8.77. The van der Waals surface area contributed by atoms with Gasteiger partial charge in [0.05, 0.1) is 13.1 Å². The summed E-state index contributed by atoms with van der Waals surface area (Å²) >= 11 is 0. The van der Waals surface area contributed by atoms with Gasteiger partial charge in [0.2, 0.25) is 0 Å². The van der Waals surface area contributed by atoms with Crippen LogP contribution in [0.4, 0.5) is 0 Å². The molecule has 0 aromatic heterocycles. The maximum atomic E-state index is 10.5. The Balaban J connectivity index is 0. The van der Waals surface area contributed by atoms with Crippen LogP contribution >= 0.6 is 0 Å². The smallest absolute Gasteiger partial charge is 0.329 e. The average Bonchev–Trinajstić information content (AvgIpc) is 2.06. The van der Waals surface area contributed by atoms with Crippen LogP contribution in [0.1, 0.15) is 0 Å². The molecule has 0 aromatic carbocycles. The number of nitrogens with one attached hydrogen (secondary N) is 2. The van der Waals surface area contributed by atoms with Gasteiger partial charge in [-0.2, -0.15) is 0 Å². The van der Waals surface area contributed by atoms with E-state index in [2.05, 4.69) is 20.8 Å². The number of nitrogens with two attached hydrogens (primary N) is 2. The van der Waals surface area contributed by atoms with Crippen molar-refractivity contribution in [2.45, 2.75) is 0 Å². The topological polar surface area (TPSA) is 115 Å². The maximum absolute atomic E-state index is 10.5. The molecule has 6 N–H and O–H groups in total. The van der Waals surface area contributed by atoms with Gasteiger partial charge in [-0.25, -0.2) is 0 Å². The SMILES string of the molecule is NCCNO[N+](=O)ONCCN.[Cu]. The van der Waals surface area contributed by atoms with Gasteiger partial charge in [-0.15, -0.1) is 0 Å². The second kappa shape index (κ2) is 11.6. The summed E-state index contributed by atoms with van der Waals surface area (Å²) in [5, 5.41) is -0.120. The summed E-state index contributed by atoms with van der Waals surface area (Å²) in [5.41, 5.74) is 14.7. The quantitative estimate of drug-likeness (QED) is 0.213. The Morgan fingerprint density at radius 3 is 1.77 bits per heavy atom. The average molecular weight is 244 g/mol. The third-order valence-electron chi connectivity index (χ3n) is 0.771. The molecule has 0 aromatic rings. The van der Waals surface area contributed by atoms with E-state index in [1.54, 1.807) is 0 Å². The predicted molar refractivity (Wildman–Crippen MR) is 39.9 cm³/mol. The van der Waals surface area contributed by atoms with E-state index in [1.165, 1.54) is 0 Å². The van der Waals surface area contributed by atoms with Crippen molar-refractivity contribution in [1.82, 2.24) is 11.0 Å². The fraction of sp³-hybridized carbons (Fsp3) is 1.00. The van der Waals surface area contributed by atoms with Crippen molar-refractivity contribution in [2.75, 3.05) is 26.2 Å². The second-order valence-corrected chi connectivity index (χ2v) is 1.77. The largest absolute Gasteiger partial charge is 0.519 e. The zero-order valence-electron chi connectivity index (χ0n) is 6.96. The second-order valence-electron chi connectivity index (χ2n) is 1.77. The summed E-state index contributed by atoms with van der Waals surface area (Å²) in [6, 6.07) is 0. The molecule has 0 aliphatic carbocycles. The van der Waals surface area contributed by atoms with Crippen molar-refractivity contribution in [3.63, 3.8) is 0 Å². The van der Waals surface area contributed by atoms with Crippen LogP contribution in [-0.2, 0) is 26.9 Å². The van der Waals surface area contributed by atoms with Crippen molar-refractivity contribution in [3.8, 4) is 0 Å². The van der Waals surface area contributed by atoms with E-state index < -0.39 is 0 Å². The van der Waals surface area contributed by atoms with Gasteiger partial charge in [0.25, 0.3) is 0 Å². The van der Waals surface area contributed by atoms with Crippen molar-refractivity contribution in [2.24, 2.45) is 11.5 Å². The van der Waals surface area contributed by atoms with E-state index in [4.69, 9.17) is 11.5 Å². The van der Waals surface area contributed by atoms with Gasteiger partial charge in [-0.05, 0) is 0 Å². The molecule has 8 nitrogen and oxygen atoms in total. The van der Waals surface area contributed by atoms with Gasteiger partial charge in [0.15, 0.2) is 0 Å². The molecule has 9 heteroatoms. The third-order valence-corrected chi connectivity index (χ3v) is 0.771. The van der Waals surface area contributed by atoms with Crippen LogP contribution in [0.15, 0.2) is 0 Å². The molecule has 13 heavy (non-hydrogen) atoms. The Bertz CT molecular complexity index is 114. The first kappa shape index (κ1) is 15.1. The summed E-state index contributed by atoms with van der Waals surface area (Å²) in [7, 11) is 0. The number of nitrogens with zero attached hydrogens (tertiary/aromatic N) is 1. The Morgan fingerprint density at radius 2 is 1.46 bits per heavy atom. The van der Waals surface area contributed by atoms with Crippen molar-refractivity contribution < 1.29 is 32.0 Å². The van der Waals surface area contributed by atoms with Crippen LogP contribution in [-0.4, -0.2) is 31.3 Å². The van der Waals surface area contributed by atoms with Crippen LogP contribution in [0.5, 0.6) is 0 Å². The summed E-state index contributed by atoms with van der Waals surface area (Å²) in [6.45, 7) is 1.45. The molecule has 0 saturated carbocycles. The summed E-state index contributed by atoms with van der Waals surface area (Å²) < 4.78 is 0. The van der Waals surface area contributed by atoms with Crippen molar-refractivity contribution in [3.05, 3.63) is 4.91 Å². The molecule has 0 bridgehead atoms. The molecule has 0 aliphatic heterocycles. The zero-order valence-corrected chi connectivity index (χ0v) is 7.90. The van der Waals surface area contributed by atoms with Gasteiger partial charge < -0.3 is 11.5 Å². The fourth-order valence-corrected chi connectivity index (χ4v) is 0.333. The van der Waals surface area contributed by atoms with Gasteiger partial charge in [0.1, 0.15) is 4.91 Å². The number of rotatable bonds is 8. The summed E-state index contributed by atoms with van der Waals surface area (Å²) in [5.74, 6) is 0. The van der Waals surface area contributed by atoms with Crippen LogP contribution in [0, 0.1) is 4.91 Å². The van der Waals surface area contributed by atoms with Crippen LogP contribution in [0.3, 0.4) is 0 Å². The minimum Gasteiger partial charge on any atom is -0.329 e. The molecule has 83 valence electrons. The molecule has 1 radical (unpaired) electrons. The summed E-state index contributed by atoms with van der Waals surface area (Å²) in [6.07, 6.45) is 0. The molecule has 0 amide bonds. The first-order valence-corrected chi connectivity index (χ1v) is 3.48. The Hall–Kier alpha value is -0.441. The van der Waals surface area contributed by atoms with Gasteiger partial charge in [0, 0.05) is 30.2 Å². The first-order valence-electron chi connectivity index (χ1n) is 3.48. The Morgan fingerprint density at radius 1 is 1.08 bits per heavy atom. The Kier molecular flexibility index (Phi) is 13.4. The summed E-state index contributed by atoms with van der Waals surface area (Å²) in [4.78, 5) is 19.0. The third kappa shape index (κ3) is 11.6. The van der Waals surface area contributed by atoms with E-state index >= 15 is 0 Å². The minimum absolute atomic E-state index is 0. The molecular weight excluding hydrogens is 230 g/mol. The van der Waals surface area contributed by atoms with Gasteiger partial charge in [-0.1, -0.05) is 20.8 Å². The van der Waals surface area contributed by atoms with Crippen molar-refractivity contribution in [1.29, 1.82) is 0 Å². The molecule has 0 aliphatic rings. The van der Waals surface area contributed by atoms with Crippen molar-refractivity contribution >= 4 is 0 Å². The number of hydrogen-bond donors (Lipinski definition) is 4. The predicted octanol–water partition coefficient (Wildman–Crippen LogP) is -2.45. The van der Waals surface area contributed by atoms with Crippen LogP contribution in [0.25, 0.3) is 0 Å². The standard InChI is InChI=1S/C4H14N5O3.Cu/c5-1-3-7-11-9(10)12-8-4-2-6;/h7-8H,1-6H2;/q+1;. The Labute approximate surface area is 86.2 Å². The molecule has 0 rings (SSSR count). The van der Waals surface area contributed by atoms with E-state index in [0.29, 0.717) is 26.2 Å². The van der Waals surface area contributed by atoms with E-state index in [-0.39, 0.29) is 22.2 Å². The molecule has 0 heterocycles. The van der Waals surface area contributed by atoms with Gasteiger partial charge >= 0.3 is 5.09 Å². The van der Waals surface area contributed by atoms with Crippen LogP contribution in [0.2, 0.25) is 0 Å². The van der Waals surface area contributed by atoms with E-state index in [1.807, 2.05) is 0 Å². The minimum atomic E-state index is -0.120. The first-order chi connectivity index (χ1) is 5.81. The van der Waals surface area contributed by atoms with E-state index in [9.17, 15) is 4.91 Å². The number of hydrogen-bond acceptors (Lipinski definition) is 7. The monoisotopic (exact) mass is 243 g/mol. The number of hydroxylamine groups is 2. The van der Waals surface area contributed by atoms with E-state index in [0.717, 1.165) is 0 Å². The zero-order chi connectivity index (χ0) is 9.23. The maximum Gasteiger partial charge on any atom is 0.519 e. The molecular formula is C4H14CuN5O3+. The fourth-order valence-electron chi connectivity index (χ4n) is 0.333. The van der Waals surface area contributed by atoms with Crippen LogP contribution < -0.4 is 22.4 Å². The molecule has 0 fully saturated rings. The van der Waals surface area contributed by atoms with Gasteiger partial charge in [-0.3, -0.25) is 0 Å². The molecule has 0 spiro atoms.